The number of carbonyl (C=O) groups excluding carboxylic acids is 2. The number of nitrogens with two attached hydrogens (primary N) is 1. The molecule has 1 heterocycles. The fraction of sp³-hybridized carbons (Fsp3) is 0.867. The van der Waals surface area contributed by atoms with E-state index in [9.17, 15) is 9.59 Å². The Morgan fingerprint density at radius 3 is 2.43 bits per heavy atom. The molecule has 0 aromatic heterocycles. The molecule has 21 heavy (non-hydrogen) atoms. The van der Waals surface area contributed by atoms with Gasteiger partial charge in [-0.15, -0.1) is 0 Å². The average molecular weight is 296 g/mol. The van der Waals surface area contributed by atoms with Crippen molar-refractivity contribution in [2.24, 2.45) is 11.7 Å². The lowest BCUT2D eigenvalue weighted by Gasteiger charge is -2.32. The van der Waals surface area contributed by atoms with Gasteiger partial charge in [0, 0.05) is 38.6 Å². The molecule has 4 N–H and O–H groups in total. The van der Waals surface area contributed by atoms with Crippen LogP contribution in [0.4, 0.5) is 0 Å². The third kappa shape index (κ3) is 4.97. The summed E-state index contributed by atoms with van der Waals surface area (Å²) in [5, 5.41) is 5.77. The molecule has 1 saturated heterocycles. The number of piperidine rings is 1. The van der Waals surface area contributed by atoms with Crippen molar-refractivity contribution < 1.29 is 9.59 Å². The van der Waals surface area contributed by atoms with Gasteiger partial charge in [-0.05, 0) is 31.6 Å². The first-order chi connectivity index (χ1) is 10.1. The van der Waals surface area contributed by atoms with E-state index < -0.39 is 0 Å². The summed E-state index contributed by atoms with van der Waals surface area (Å²) in [5.74, 6) is 0.549. The summed E-state index contributed by atoms with van der Waals surface area (Å²) in [6, 6.07) is 0.446. The minimum Gasteiger partial charge on any atom is -0.358 e. The Kier molecular flexibility index (Phi) is 5.99. The Morgan fingerprint density at radius 1 is 1.14 bits per heavy atom. The summed E-state index contributed by atoms with van der Waals surface area (Å²) in [7, 11) is 1.66. The average Bonchev–Trinajstić information content (AvgIpc) is 2.86. The number of likely N-dealkylation sites (N-methyl/N-ethyl adjacent to an activating group) is 1. The molecule has 0 spiro atoms. The van der Waals surface area contributed by atoms with Gasteiger partial charge in [0.15, 0.2) is 0 Å². The van der Waals surface area contributed by atoms with Crippen molar-refractivity contribution in [3.8, 4) is 0 Å². The molecule has 120 valence electrons. The topological polar surface area (TPSA) is 87.5 Å². The van der Waals surface area contributed by atoms with E-state index in [4.69, 9.17) is 5.73 Å². The second kappa shape index (κ2) is 7.75. The standard InChI is InChI=1S/C15H28N4O2/c1-17-15(21)10-19-7-5-12(6-8-19)18-14(20)9-11-3-2-4-13(11)16/h11-13H,2-10,16H2,1H3,(H,17,21)(H,18,20)/t11-,13+/m0/s1. The number of hydrogen-bond donors (Lipinski definition) is 3. The summed E-state index contributed by atoms with van der Waals surface area (Å²) in [5.41, 5.74) is 6.01. The molecule has 1 aliphatic carbocycles. The van der Waals surface area contributed by atoms with Crippen LogP contribution >= 0.6 is 0 Å². The van der Waals surface area contributed by atoms with E-state index in [1.165, 1.54) is 0 Å². The van der Waals surface area contributed by atoms with Crippen LogP contribution in [0.15, 0.2) is 0 Å². The Bertz CT molecular complexity index is 367. The smallest absolute Gasteiger partial charge is 0.233 e. The molecule has 0 aromatic carbocycles. The Hall–Kier alpha value is -1.14. The molecule has 2 amide bonds. The van der Waals surface area contributed by atoms with Gasteiger partial charge in [0.25, 0.3) is 0 Å². The minimum absolute atomic E-state index is 0.0488. The van der Waals surface area contributed by atoms with E-state index in [0.29, 0.717) is 18.9 Å². The van der Waals surface area contributed by atoms with E-state index in [-0.39, 0.29) is 23.9 Å². The van der Waals surface area contributed by atoms with Crippen molar-refractivity contribution in [2.75, 3.05) is 26.7 Å². The van der Waals surface area contributed by atoms with Crippen LogP contribution in [0, 0.1) is 5.92 Å². The van der Waals surface area contributed by atoms with Crippen LogP contribution < -0.4 is 16.4 Å². The Morgan fingerprint density at radius 2 is 1.86 bits per heavy atom. The van der Waals surface area contributed by atoms with Gasteiger partial charge in [0.2, 0.25) is 11.8 Å². The first-order valence-corrected chi connectivity index (χ1v) is 8.06. The molecular weight excluding hydrogens is 268 g/mol. The van der Waals surface area contributed by atoms with Crippen LogP contribution in [0.2, 0.25) is 0 Å². The lowest BCUT2D eigenvalue weighted by Crippen LogP contribution is -2.47. The molecule has 2 aliphatic rings. The number of amides is 2. The van der Waals surface area contributed by atoms with E-state index in [0.717, 1.165) is 45.2 Å². The van der Waals surface area contributed by atoms with Gasteiger partial charge in [0.05, 0.1) is 6.54 Å². The number of carbonyl (C=O) groups is 2. The number of nitrogens with zero attached hydrogens (tertiary/aromatic N) is 1. The van der Waals surface area contributed by atoms with Crippen LogP contribution in [-0.2, 0) is 9.59 Å². The number of likely N-dealkylation sites (tertiary alicyclic amines) is 1. The fourth-order valence-electron chi connectivity index (χ4n) is 3.36. The van der Waals surface area contributed by atoms with Gasteiger partial charge in [-0.1, -0.05) is 6.42 Å². The van der Waals surface area contributed by atoms with Crippen LogP contribution in [0.3, 0.4) is 0 Å². The van der Waals surface area contributed by atoms with Crippen LogP contribution in [0.5, 0.6) is 0 Å². The third-order valence-electron chi connectivity index (χ3n) is 4.76. The normalized spacial score (nSPS) is 27.5. The summed E-state index contributed by atoms with van der Waals surface area (Å²) in [6.45, 7) is 2.18. The predicted molar refractivity (Wildman–Crippen MR) is 81.6 cm³/mol. The monoisotopic (exact) mass is 296 g/mol. The third-order valence-corrected chi connectivity index (χ3v) is 4.76. The van der Waals surface area contributed by atoms with E-state index >= 15 is 0 Å². The van der Waals surface area contributed by atoms with Crippen molar-refractivity contribution in [1.82, 2.24) is 15.5 Å². The van der Waals surface area contributed by atoms with Crippen LogP contribution in [-0.4, -0.2) is 55.5 Å². The molecule has 6 nitrogen and oxygen atoms in total. The molecule has 6 heteroatoms. The summed E-state index contributed by atoms with van der Waals surface area (Å²) < 4.78 is 0. The van der Waals surface area contributed by atoms with Crippen molar-refractivity contribution in [3.05, 3.63) is 0 Å². The zero-order valence-electron chi connectivity index (χ0n) is 12.9. The van der Waals surface area contributed by atoms with E-state index in [1.807, 2.05) is 0 Å². The zero-order valence-corrected chi connectivity index (χ0v) is 12.9. The van der Waals surface area contributed by atoms with E-state index in [2.05, 4.69) is 15.5 Å². The largest absolute Gasteiger partial charge is 0.358 e. The van der Waals surface area contributed by atoms with Crippen molar-refractivity contribution in [2.45, 2.75) is 50.6 Å². The van der Waals surface area contributed by atoms with Gasteiger partial charge in [-0.3, -0.25) is 14.5 Å². The predicted octanol–water partition coefficient (Wildman–Crippen LogP) is -0.169. The molecule has 0 unspecified atom stereocenters. The molecular formula is C15H28N4O2. The van der Waals surface area contributed by atoms with Gasteiger partial charge in [-0.2, -0.15) is 0 Å². The maximum atomic E-state index is 12.1. The van der Waals surface area contributed by atoms with Gasteiger partial charge in [-0.25, -0.2) is 0 Å². The van der Waals surface area contributed by atoms with E-state index in [1.54, 1.807) is 7.05 Å². The fourth-order valence-corrected chi connectivity index (χ4v) is 3.36. The van der Waals surface area contributed by atoms with Crippen LogP contribution in [0.25, 0.3) is 0 Å². The highest BCUT2D eigenvalue weighted by Gasteiger charge is 2.27. The molecule has 2 fully saturated rings. The zero-order chi connectivity index (χ0) is 15.2. The van der Waals surface area contributed by atoms with Gasteiger partial charge >= 0.3 is 0 Å². The number of hydrogen-bond acceptors (Lipinski definition) is 4. The molecule has 2 atom stereocenters. The first kappa shape index (κ1) is 16.2. The lowest BCUT2D eigenvalue weighted by atomic mass is 9.98. The Balaban J connectivity index is 1.66. The number of rotatable bonds is 5. The lowest BCUT2D eigenvalue weighted by molar-refractivity contribution is -0.124. The maximum absolute atomic E-state index is 12.1. The first-order valence-electron chi connectivity index (χ1n) is 8.06. The summed E-state index contributed by atoms with van der Waals surface area (Å²) >= 11 is 0. The summed E-state index contributed by atoms with van der Waals surface area (Å²) in [6.07, 6.45) is 5.69. The van der Waals surface area contributed by atoms with Gasteiger partial charge in [0.1, 0.15) is 0 Å². The van der Waals surface area contributed by atoms with Crippen LogP contribution in [0.1, 0.15) is 38.5 Å². The maximum Gasteiger partial charge on any atom is 0.233 e. The van der Waals surface area contributed by atoms with Crippen molar-refractivity contribution in [3.63, 3.8) is 0 Å². The minimum atomic E-state index is 0.0488. The second-order valence-corrected chi connectivity index (χ2v) is 6.35. The highest BCUT2D eigenvalue weighted by molar-refractivity contribution is 5.77. The molecule has 0 radical (unpaired) electrons. The highest BCUT2D eigenvalue weighted by atomic mass is 16.2. The number of nitrogens with one attached hydrogen (secondary N) is 2. The second-order valence-electron chi connectivity index (χ2n) is 6.35. The molecule has 1 aliphatic heterocycles. The highest BCUT2D eigenvalue weighted by Crippen LogP contribution is 2.26. The van der Waals surface area contributed by atoms with Crippen molar-refractivity contribution >= 4 is 11.8 Å². The van der Waals surface area contributed by atoms with Crippen molar-refractivity contribution in [1.29, 1.82) is 0 Å². The summed E-state index contributed by atoms with van der Waals surface area (Å²) in [4.78, 5) is 25.5. The molecule has 1 saturated carbocycles. The SMILES string of the molecule is CNC(=O)CN1CCC(NC(=O)C[C@@H]2CCC[C@H]2N)CC1. The molecule has 2 rings (SSSR count). The molecule has 0 bridgehead atoms. The van der Waals surface area contributed by atoms with Gasteiger partial charge < -0.3 is 16.4 Å². The Labute approximate surface area is 126 Å². The molecule has 0 aromatic rings. The quantitative estimate of drug-likeness (QED) is 0.657.